The van der Waals surface area contributed by atoms with E-state index in [1.54, 1.807) is 5.32 Å². The van der Waals surface area contributed by atoms with Crippen molar-refractivity contribution in [2.24, 2.45) is 11.8 Å². The van der Waals surface area contributed by atoms with Crippen molar-refractivity contribution in [3.05, 3.63) is 24.3 Å². The van der Waals surface area contributed by atoms with E-state index in [1.807, 2.05) is 0 Å². The van der Waals surface area contributed by atoms with E-state index in [9.17, 15) is 26.4 Å². The molecular formula is C17H21F3N2O4S. The molecule has 1 amide bonds. The molecule has 1 heterocycles. The molecule has 1 saturated carbocycles. The van der Waals surface area contributed by atoms with Gasteiger partial charge in [0, 0.05) is 18.8 Å². The Hall–Kier alpha value is -1.65. The average Bonchev–Trinajstić information content (AvgIpc) is 2.79. The van der Waals surface area contributed by atoms with Crippen LogP contribution in [0.25, 0.3) is 0 Å². The molecule has 0 radical (unpaired) electrons. The van der Waals surface area contributed by atoms with E-state index < -0.39 is 22.1 Å². The molecule has 27 heavy (non-hydrogen) atoms. The van der Waals surface area contributed by atoms with Crippen molar-refractivity contribution in [3.8, 4) is 0 Å². The van der Waals surface area contributed by atoms with Gasteiger partial charge in [-0.25, -0.2) is 8.42 Å². The number of hydrogen-bond acceptors (Lipinski definition) is 4. The van der Waals surface area contributed by atoms with Gasteiger partial charge >= 0.3 is 12.1 Å². The zero-order valence-electron chi connectivity index (χ0n) is 14.5. The van der Waals surface area contributed by atoms with E-state index in [-0.39, 0.29) is 29.7 Å². The van der Waals surface area contributed by atoms with Crippen molar-refractivity contribution >= 4 is 21.6 Å². The number of rotatable bonds is 4. The molecule has 6 nitrogen and oxygen atoms in total. The first kappa shape index (κ1) is 20.1. The van der Waals surface area contributed by atoms with Gasteiger partial charge in [-0.3, -0.25) is 4.79 Å². The quantitative estimate of drug-likeness (QED) is 0.834. The van der Waals surface area contributed by atoms with Gasteiger partial charge in [-0.2, -0.15) is 17.5 Å². The summed E-state index contributed by atoms with van der Waals surface area (Å²) in [6.45, 7) is 1.29. The summed E-state index contributed by atoms with van der Waals surface area (Å²) in [5.41, 5.74) is -0.222. The van der Waals surface area contributed by atoms with Crippen LogP contribution in [0.5, 0.6) is 0 Å². The van der Waals surface area contributed by atoms with Gasteiger partial charge < -0.3 is 10.1 Å². The molecule has 1 aliphatic heterocycles. The molecule has 0 bridgehead atoms. The number of anilines is 1. The van der Waals surface area contributed by atoms with Crippen molar-refractivity contribution in [1.29, 1.82) is 0 Å². The molecule has 2 fully saturated rings. The van der Waals surface area contributed by atoms with Crippen LogP contribution < -0.4 is 5.32 Å². The molecule has 1 N–H and O–H groups in total. The minimum atomic E-state index is -5.05. The normalized spacial score (nSPS) is 22.7. The molecular weight excluding hydrogens is 385 g/mol. The molecule has 10 heteroatoms. The molecule has 1 unspecified atom stereocenters. The van der Waals surface area contributed by atoms with Gasteiger partial charge in [-0.05, 0) is 30.0 Å². The van der Waals surface area contributed by atoms with Crippen LogP contribution in [-0.2, 0) is 19.6 Å². The summed E-state index contributed by atoms with van der Waals surface area (Å²) in [4.78, 5) is 10.9. The third-order valence-corrected chi connectivity index (χ3v) is 6.92. The Morgan fingerprint density at radius 2 is 1.96 bits per heavy atom. The number of ether oxygens (including phenoxy) is 1. The van der Waals surface area contributed by atoms with Crippen LogP contribution in [0.15, 0.2) is 29.2 Å². The van der Waals surface area contributed by atoms with Crippen molar-refractivity contribution < 1.29 is 31.1 Å². The highest BCUT2D eigenvalue weighted by Crippen LogP contribution is 2.35. The lowest BCUT2D eigenvalue weighted by Gasteiger charge is -2.34. The van der Waals surface area contributed by atoms with Gasteiger partial charge in [0.2, 0.25) is 10.0 Å². The van der Waals surface area contributed by atoms with Crippen LogP contribution in [0.4, 0.5) is 18.9 Å². The van der Waals surface area contributed by atoms with E-state index in [4.69, 9.17) is 4.74 Å². The number of nitrogens with zero attached hydrogens (tertiary/aromatic N) is 1. The van der Waals surface area contributed by atoms with Gasteiger partial charge in [-0.1, -0.05) is 25.3 Å². The Morgan fingerprint density at radius 1 is 1.22 bits per heavy atom. The van der Waals surface area contributed by atoms with Crippen LogP contribution in [0, 0.1) is 11.8 Å². The number of alkyl halides is 3. The molecule has 3 rings (SSSR count). The van der Waals surface area contributed by atoms with E-state index in [0.717, 1.165) is 25.3 Å². The summed E-state index contributed by atoms with van der Waals surface area (Å²) in [7, 11) is -3.91. The van der Waals surface area contributed by atoms with Gasteiger partial charge in [0.15, 0.2) is 0 Å². The number of carbonyl (C=O) groups is 1. The molecule has 0 aromatic heterocycles. The van der Waals surface area contributed by atoms with Crippen LogP contribution in [0.3, 0.4) is 0 Å². The predicted octanol–water partition coefficient (Wildman–Crippen LogP) is 2.62. The zero-order valence-corrected chi connectivity index (χ0v) is 15.4. The molecule has 1 saturated heterocycles. The highest BCUT2D eigenvalue weighted by atomic mass is 32.2. The number of carbonyl (C=O) groups excluding carboxylic acids is 1. The monoisotopic (exact) mass is 406 g/mol. The molecule has 1 atom stereocenters. The largest absolute Gasteiger partial charge is 0.471 e. The molecule has 0 spiro atoms. The first-order valence-corrected chi connectivity index (χ1v) is 10.2. The Morgan fingerprint density at radius 3 is 2.59 bits per heavy atom. The summed E-state index contributed by atoms with van der Waals surface area (Å²) in [5.74, 6) is -1.59. The third-order valence-electron chi connectivity index (χ3n) is 5.06. The van der Waals surface area contributed by atoms with Crippen LogP contribution in [-0.4, -0.2) is 51.1 Å². The summed E-state index contributed by atoms with van der Waals surface area (Å²) in [6.07, 6.45) is -1.80. The Labute approximate surface area is 155 Å². The fourth-order valence-corrected chi connectivity index (χ4v) is 4.83. The number of halogens is 3. The van der Waals surface area contributed by atoms with E-state index in [2.05, 4.69) is 0 Å². The number of benzene rings is 1. The lowest BCUT2D eigenvalue weighted by molar-refractivity contribution is -0.167. The first-order valence-electron chi connectivity index (χ1n) is 8.74. The fourth-order valence-electron chi connectivity index (χ4n) is 3.31. The highest BCUT2D eigenvalue weighted by molar-refractivity contribution is 7.89. The second-order valence-corrected chi connectivity index (χ2v) is 8.81. The van der Waals surface area contributed by atoms with Crippen molar-refractivity contribution in [2.45, 2.75) is 30.3 Å². The highest BCUT2D eigenvalue weighted by Gasteiger charge is 2.39. The van der Waals surface area contributed by atoms with Crippen LogP contribution in [0.1, 0.15) is 19.3 Å². The Kier molecular flexibility index (Phi) is 5.78. The second-order valence-electron chi connectivity index (χ2n) is 6.87. The maximum atomic E-state index is 13.0. The zero-order chi connectivity index (χ0) is 19.7. The lowest BCUT2D eigenvalue weighted by Crippen LogP contribution is -2.39. The van der Waals surface area contributed by atoms with Crippen molar-refractivity contribution in [3.63, 3.8) is 0 Å². The number of amides is 1. The van der Waals surface area contributed by atoms with E-state index in [1.165, 1.54) is 22.5 Å². The fraction of sp³-hybridized carbons (Fsp3) is 0.588. The van der Waals surface area contributed by atoms with Gasteiger partial charge in [0.1, 0.15) is 0 Å². The Balaban J connectivity index is 1.79. The van der Waals surface area contributed by atoms with Crippen molar-refractivity contribution in [2.75, 3.05) is 31.6 Å². The first-order chi connectivity index (χ1) is 12.7. The predicted molar refractivity (Wildman–Crippen MR) is 91.5 cm³/mol. The van der Waals surface area contributed by atoms with E-state index >= 15 is 0 Å². The topological polar surface area (TPSA) is 75.7 Å². The summed E-state index contributed by atoms with van der Waals surface area (Å²) in [6, 6.07) is 4.87. The minimum absolute atomic E-state index is 0.115. The summed E-state index contributed by atoms with van der Waals surface area (Å²) < 4.78 is 70.1. The number of hydrogen-bond donors (Lipinski definition) is 1. The molecule has 1 aromatic rings. The summed E-state index contributed by atoms with van der Waals surface area (Å²) >= 11 is 0. The average molecular weight is 406 g/mol. The maximum Gasteiger partial charge on any atom is 0.471 e. The standard InChI is InChI=1S/C17H21F3N2O4S/c18-17(19,20)16(23)21-14-5-2-6-15(9-14)27(24,25)22-7-8-26-11-13(10-22)12-3-1-4-12/h2,5-6,9,12-13H,1,3-4,7-8,10-11H2,(H,21,23). The van der Waals surface area contributed by atoms with Gasteiger partial charge in [0.05, 0.1) is 18.1 Å². The third kappa shape index (κ3) is 4.61. The maximum absolute atomic E-state index is 13.0. The van der Waals surface area contributed by atoms with Gasteiger partial charge in [0.25, 0.3) is 0 Å². The Bertz CT molecular complexity index is 794. The minimum Gasteiger partial charge on any atom is -0.380 e. The summed E-state index contributed by atoms with van der Waals surface area (Å²) in [5, 5.41) is 1.68. The van der Waals surface area contributed by atoms with Crippen LogP contribution >= 0.6 is 0 Å². The van der Waals surface area contributed by atoms with Crippen LogP contribution in [0.2, 0.25) is 0 Å². The SMILES string of the molecule is O=C(Nc1cccc(S(=O)(=O)N2CCOCC(C3CCC3)C2)c1)C(F)(F)F. The molecule has 150 valence electrons. The lowest BCUT2D eigenvalue weighted by atomic mass is 9.76. The number of nitrogens with one attached hydrogen (secondary N) is 1. The second kappa shape index (κ2) is 7.76. The van der Waals surface area contributed by atoms with Gasteiger partial charge in [-0.15, -0.1) is 0 Å². The molecule has 2 aliphatic rings. The molecule has 1 aliphatic carbocycles. The van der Waals surface area contributed by atoms with Crippen molar-refractivity contribution in [1.82, 2.24) is 4.31 Å². The van der Waals surface area contributed by atoms with E-state index in [0.29, 0.717) is 19.1 Å². The number of sulfonamides is 1. The smallest absolute Gasteiger partial charge is 0.380 e. The molecule has 1 aromatic carbocycles.